The molecule has 1 aliphatic heterocycles. The van der Waals surface area contributed by atoms with Gasteiger partial charge in [-0.2, -0.15) is 0 Å². The second-order valence-corrected chi connectivity index (χ2v) is 6.43. The summed E-state index contributed by atoms with van der Waals surface area (Å²) < 4.78 is 6.51. The van der Waals surface area contributed by atoms with Gasteiger partial charge >= 0.3 is 0 Å². The Morgan fingerprint density at radius 3 is 2.70 bits per heavy atom. The summed E-state index contributed by atoms with van der Waals surface area (Å²) in [6.07, 6.45) is 9.57. The minimum Gasteiger partial charge on any atom is -0.494 e. The van der Waals surface area contributed by atoms with Crippen LogP contribution in [0.3, 0.4) is 0 Å². The van der Waals surface area contributed by atoms with Crippen molar-refractivity contribution in [1.82, 2.24) is 4.90 Å². The summed E-state index contributed by atoms with van der Waals surface area (Å²) in [5, 5.41) is 0. The minimum atomic E-state index is -0.446. The third-order valence-corrected chi connectivity index (χ3v) is 4.11. The standard InChI is InChI=1S/C18H23BrN2O2/c1-2-3-4-5-12-23-16-9-6-14(7-10-16)18(22)21-13-15(19)8-11-17(21)20/h6-11,13,17H,2-5,12,20H2,1H3. The van der Waals surface area contributed by atoms with E-state index in [0.29, 0.717) is 12.2 Å². The Morgan fingerprint density at radius 1 is 1.26 bits per heavy atom. The van der Waals surface area contributed by atoms with Crippen LogP contribution < -0.4 is 10.5 Å². The molecule has 0 fully saturated rings. The Bertz CT molecular complexity index is 581. The minimum absolute atomic E-state index is 0.131. The molecule has 1 amide bonds. The molecule has 124 valence electrons. The van der Waals surface area contributed by atoms with E-state index in [-0.39, 0.29) is 5.91 Å². The summed E-state index contributed by atoms with van der Waals surface area (Å²) in [5.74, 6) is 0.658. The largest absolute Gasteiger partial charge is 0.494 e. The zero-order valence-corrected chi connectivity index (χ0v) is 15.0. The van der Waals surface area contributed by atoms with Crippen LogP contribution in [0.15, 0.2) is 47.1 Å². The number of hydrogen-bond acceptors (Lipinski definition) is 3. The molecule has 0 bridgehead atoms. The molecule has 0 aromatic heterocycles. The van der Waals surface area contributed by atoms with Crippen molar-refractivity contribution in [3.05, 3.63) is 52.7 Å². The Morgan fingerprint density at radius 2 is 2.00 bits per heavy atom. The molecule has 1 unspecified atom stereocenters. The highest BCUT2D eigenvalue weighted by molar-refractivity contribution is 9.11. The number of allylic oxidation sites excluding steroid dienone is 2. The summed E-state index contributed by atoms with van der Waals surface area (Å²) >= 11 is 3.36. The van der Waals surface area contributed by atoms with E-state index in [4.69, 9.17) is 10.5 Å². The van der Waals surface area contributed by atoms with Crippen LogP contribution in [0.5, 0.6) is 5.75 Å². The van der Waals surface area contributed by atoms with Crippen molar-refractivity contribution in [2.45, 2.75) is 38.8 Å². The van der Waals surface area contributed by atoms with Crippen molar-refractivity contribution in [1.29, 1.82) is 0 Å². The summed E-state index contributed by atoms with van der Waals surface area (Å²) in [7, 11) is 0. The summed E-state index contributed by atoms with van der Waals surface area (Å²) in [4.78, 5) is 14.0. The fourth-order valence-corrected chi connectivity index (χ4v) is 2.67. The van der Waals surface area contributed by atoms with Gasteiger partial charge in [0.05, 0.1) is 6.61 Å². The molecule has 23 heavy (non-hydrogen) atoms. The average molecular weight is 379 g/mol. The maximum absolute atomic E-state index is 12.5. The molecule has 0 spiro atoms. The van der Waals surface area contributed by atoms with Gasteiger partial charge in [-0.1, -0.05) is 26.2 Å². The predicted octanol–water partition coefficient (Wildman–Crippen LogP) is 4.18. The van der Waals surface area contributed by atoms with Crippen molar-refractivity contribution in [2.75, 3.05) is 6.61 Å². The van der Waals surface area contributed by atoms with Crippen molar-refractivity contribution in [3.8, 4) is 5.75 Å². The molecular weight excluding hydrogens is 356 g/mol. The lowest BCUT2D eigenvalue weighted by Gasteiger charge is -2.26. The van der Waals surface area contributed by atoms with E-state index < -0.39 is 6.17 Å². The number of carbonyl (C=O) groups is 1. The summed E-state index contributed by atoms with van der Waals surface area (Å²) in [5.41, 5.74) is 6.53. The van der Waals surface area contributed by atoms with E-state index >= 15 is 0 Å². The topological polar surface area (TPSA) is 55.6 Å². The molecule has 2 rings (SSSR count). The van der Waals surface area contributed by atoms with E-state index in [1.807, 2.05) is 18.2 Å². The van der Waals surface area contributed by atoms with Gasteiger partial charge in [-0.15, -0.1) is 0 Å². The lowest BCUT2D eigenvalue weighted by Crippen LogP contribution is -2.42. The molecular formula is C18H23BrN2O2. The quantitative estimate of drug-likeness (QED) is 0.724. The molecule has 1 aliphatic rings. The zero-order chi connectivity index (χ0) is 16.7. The number of nitrogens with two attached hydrogens (primary N) is 1. The second kappa shape index (κ2) is 8.89. The first-order valence-electron chi connectivity index (χ1n) is 7.98. The van der Waals surface area contributed by atoms with Crippen LogP contribution in [-0.4, -0.2) is 23.6 Å². The van der Waals surface area contributed by atoms with Crippen LogP contribution in [0.4, 0.5) is 0 Å². The molecule has 1 aromatic rings. The number of carbonyl (C=O) groups excluding carboxylic acids is 1. The highest BCUT2D eigenvalue weighted by atomic mass is 79.9. The van der Waals surface area contributed by atoms with Gasteiger partial charge in [-0.25, -0.2) is 0 Å². The molecule has 5 heteroatoms. The number of amides is 1. The molecule has 2 N–H and O–H groups in total. The van der Waals surface area contributed by atoms with E-state index in [0.717, 1.165) is 16.7 Å². The highest BCUT2D eigenvalue weighted by Crippen LogP contribution is 2.20. The zero-order valence-electron chi connectivity index (χ0n) is 13.4. The maximum atomic E-state index is 12.5. The monoisotopic (exact) mass is 378 g/mol. The van der Waals surface area contributed by atoms with Crippen molar-refractivity contribution in [3.63, 3.8) is 0 Å². The smallest absolute Gasteiger partial charge is 0.259 e. The first kappa shape index (κ1) is 17.8. The van der Waals surface area contributed by atoms with Gasteiger partial charge in [0.2, 0.25) is 0 Å². The molecule has 1 atom stereocenters. The Kier molecular flexibility index (Phi) is 6.86. The highest BCUT2D eigenvalue weighted by Gasteiger charge is 2.21. The van der Waals surface area contributed by atoms with Crippen LogP contribution in [0, 0.1) is 0 Å². The van der Waals surface area contributed by atoms with E-state index in [9.17, 15) is 4.79 Å². The molecule has 4 nitrogen and oxygen atoms in total. The Hall–Kier alpha value is -1.59. The molecule has 1 heterocycles. The summed E-state index contributed by atoms with van der Waals surface area (Å²) in [6, 6.07) is 7.21. The third-order valence-electron chi connectivity index (χ3n) is 3.64. The lowest BCUT2D eigenvalue weighted by atomic mass is 10.1. The van der Waals surface area contributed by atoms with Crippen LogP contribution in [-0.2, 0) is 0 Å². The van der Waals surface area contributed by atoms with Gasteiger partial charge in [-0.3, -0.25) is 9.69 Å². The molecule has 1 aromatic carbocycles. The fraction of sp³-hybridized carbons (Fsp3) is 0.389. The van der Waals surface area contributed by atoms with Gasteiger partial charge < -0.3 is 10.5 Å². The number of ether oxygens (including phenoxy) is 1. The van der Waals surface area contributed by atoms with Crippen LogP contribution >= 0.6 is 15.9 Å². The lowest BCUT2D eigenvalue weighted by molar-refractivity contribution is 0.0793. The van der Waals surface area contributed by atoms with Gasteiger partial charge in [0.25, 0.3) is 5.91 Å². The maximum Gasteiger partial charge on any atom is 0.259 e. The molecule has 0 radical (unpaired) electrons. The molecule has 0 aliphatic carbocycles. The third kappa shape index (κ3) is 5.22. The number of rotatable bonds is 7. The van der Waals surface area contributed by atoms with Gasteiger partial charge in [0.1, 0.15) is 11.9 Å². The average Bonchev–Trinajstić information content (AvgIpc) is 2.57. The number of halogens is 1. The predicted molar refractivity (Wildman–Crippen MR) is 96.4 cm³/mol. The molecule has 0 saturated carbocycles. The van der Waals surface area contributed by atoms with Crippen molar-refractivity contribution < 1.29 is 9.53 Å². The number of hydrogen-bond donors (Lipinski definition) is 1. The van der Waals surface area contributed by atoms with Crippen molar-refractivity contribution >= 4 is 21.8 Å². The first-order chi connectivity index (χ1) is 11.1. The van der Waals surface area contributed by atoms with Crippen LogP contribution in [0.2, 0.25) is 0 Å². The first-order valence-corrected chi connectivity index (χ1v) is 8.77. The van der Waals surface area contributed by atoms with Gasteiger partial charge in [0.15, 0.2) is 0 Å². The number of unbranched alkanes of at least 4 members (excludes halogenated alkanes) is 3. The van der Waals surface area contributed by atoms with Crippen LogP contribution in [0.25, 0.3) is 0 Å². The van der Waals surface area contributed by atoms with E-state index in [2.05, 4.69) is 22.9 Å². The Balaban J connectivity index is 1.91. The fourth-order valence-electron chi connectivity index (χ4n) is 2.30. The Labute approximate surface area is 146 Å². The normalized spacial score (nSPS) is 17.1. The van der Waals surface area contributed by atoms with E-state index in [1.165, 1.54) is 24.2 Å². The van der Waals surface area contributed by atoms with Crippen molar-refractivity contribution in [2.24, 2.45) is 5.73 Å². The van der Waals surface area contributed by atoms with E-state index in [1.54, 1.807) is 24.4 Å². The number of nitrogens with zero attached hydrogens (tertiary/aromatic N) is 1. The molecule has 0 saturated heterocycles. The SMILES string of the molecule is CCCCCCOc1ccc(C(=O)N2C=C(Br)C=CC2N)cc1. The van der Waals surface area contributed by atoms with Gasteiger partial charge in [0, 0.05) is 16.2 Å². The summed E-state index contributed by atoms with van der Waals surface area (Å²) in [6.45, 7) is 2.90. The number of benzene rings is 1. The van der Waals surface area contributed by atoms with Gasteiger partial charge in [-0.05, 0) is 58.8 Å². The van der Waals surface area contributed by atoms with Crippen LogP contribution in [0.1, 0.15) is 43.0 Å². The second-order valence-electron chi connectivity index (χ2n) is 5.51.